The minimum atomic E-state index is -0.332. The van der Waals surface area contributed by atoms with Crippen molar-refractivity contribution in [3.8, 4) is 0 Å². The molecule has 1 amide bonds. The van der Waals surface area contributed by atoms with Gasteiger partial charge in [0.05, 0.1) is 5.69 Å². The lowest BCUT2D eigenvalue weighted by atomic mass is 10.1. The first-order valence-electron chi connectivity index (χ1n) is 7.86. The first-order chi connectivity index (χ1) is 11.7. The van der Waals surface area contributed by atoms with Gasteiger partial charge in [0.15, 0.2) is 0 Å². The van der Waals surface area contributed by atoms with Gasteiger partial charge in [0.25, 0.3) is 0 Å². The maximum Gasteiger partial charge on any atom is 0.246 e. The van der Waals surface area contributed by atoms with Gasteiger partial charge in [-0.25, -0.2) is 0 Å². The van der Waals surface area contributed by atoms with Gasteiger partial charge in [0.2, 0.25) is 5.91 Å². The van der Waals surface area contributed by atoms with Gasteiger partial charge in [-0.2, -0.15) is 0 Å². The third kappa shape index (κ3) is 3.71. The molecule has 3 nitrogen and oxygen atoms in total. The molecule has 0 aromatic heterocycles. The first-order valence-corrected chi connectivity index (χ1v) is 9.09. The zero-order chi connectivity index (χ0) is 16.9. The number of anilines is 2. The summed E-state index contributed by atoms with van der Waals surface area (Å²) in [5.41, 5.74) is 1.79. The molecule has 0 heterocycles. The third-order valence-electron chi connectivity index (χ3n) is 3.89. The largest absolute Gasteiger partial charge is 0.374 e. The molecule has 3 aromatic rings. The Hall–Kier alpha value is -2.46. The van der Waals surface area contributed by atoms with E-state index in [4.69, 9.17) is 0 Å². The number of fused-ring (bicyclic) bond motifs is 1. The van der Waals surface area contributed by atoms with E-state index < -0.39 is 0 Å². The summed E-state index contributed by atoms with van der Waals surface area (Å²) in [7, 11) is 0. The SMILES string of the molecule is CSc1ccccc1NC(=O)[C@@H](C)Nc1ccc2ccccc2c1. The van der Waals surface area contributed by atoms with Gasteiger partial charge in [-0.1, -0.05) is 42.5 Å². The van der Waals surface area contributed by atoms with Crippen molar-refractivity contribution in [1.29, 1.82) is 0 Å². The Morgan fingerprint density at radius 1 is 0.958 bits per heavy atom. The molecular weight excluding hydrogens is 316 g/mol. The second-order valence-electron chi connectivity index (χ2n) is 5.62. The molecule has 0 bridgehead atoms. The van der Waals surface area contributed by atoms with Crippen LogP contribution in [-0.2, 0) is 4.79 Å². The van der Waals surface area contributed by atoms with Gasteiger partial charge in [0.1, 0.15) is 6.04 Å². The second-order valence-corrected chi connectivity index (χ2v) is 6.47. The molecule has 0 fully saturated rings. The number of hydrogen-bond donors (Lipinski definition) is 2. The van der Waals surface area contributed by atoms with Gasteiger partial charge < -0.3 is 10.6 Å². The van der Waals surface area contributed by atoms with Crippen molar-refractivity contribution >= 4 is 39.8 Å². The maximum absolute atomic E-state index is 12.5. The van der Waals surface area contributed by atoms with Gasteiger partial charge in [-0.05, 0) is 48.2 Å². The molecule has 24 heavy (non-hydrogen) atoms. The standard InChI is InChI=1S/C20H20N2OS/c1-14(20(23)22-18-9-5-6-10-19(18)24-2)21-17-12-11-15-7-3-4-8-16(15)13-17/h3-14,21H,1-2H3,(H,22,23)/t14-/m1/s1. The molecule has 0 spiro atoms. The molecule has 0 aliphatic rings. The number of carbonyl (C=O) groups is 1. The van der Waals surface area contributed by atoms with E-state index in [9.17, 15) is 4.79 Å². The molecule has 4 heteroatoms. The summed E-state index contributed by atoms with van der Waals surface area (Å²) in [5.74, 6) is -0.0512. The van der Waals surface area contributed by atoms with Crippen molar-refractivity contribution in [2.75, 3.05) is 16.9 Å². The number of benzene rings is 3. The zero-order valence-corrected chi connectivity index (χ0v) is 14.6. The highest BCUT2D eigenvalue weighted by molar-refractivity contribution is 7.98. The molecule has 0 radical (unpaired) electrons. The van der Waals surface area contributed by atoms with E-state index in [0.29, 0.717) is 0 Å². The van der Waals surface area contributed by atoms with Gasteiger partial charge >= 0.3 is 0 Å². The fraction of sp³-hybridized carbons (Fsp3) is 0.150. The van der Waals surface area contributed by atoms with Crippen LogP contribution in [0.15, 0.2) is 71.6 Å². The van der Waals surface area contributed by atoms with E-state index in [1.54, 1.807) is 11.8 Å². The van der Waals surface area contributed by atoms with E-state index in [2.05, 4.69) is 34.9 Å². The third-order valence-corrected chi connectivity index (χ3v) is 4.69. The monoisotopic (exact) mass is 336 g/mol. The van der Waals surface area contributed by atoms with Crippen LogP contribution in [-0.4, -0.2) is 18.2 Å². The Labute approximate surface area is 146 Å². The summed E-state index contributed by atoms with van der Waals surface area (Å²) in [6, 6.07) is 21.8. The average Bonchev–Trinajstić information content (AvgIpc) is 2.62. The molecule has 1 atom stereocenters. The maximum atomic E-state index is 12.5. The molecule has 0 aliphatic heterocycles. The molecule has 0 saturated heterocycles. The molecule has 2 N–H and O–H groups in total. The first kappa shape index (κ1) is 16.4. The van der Waals surface area contributed by atoms with Crippen molar-refractivity contribution in [3.05, 3.63) is 66.7 Å². The minimum Gasteiger partial charge on any atom is -0.374 e. The van der Waals surface area contributed by atoms with Crippen LogP contribution < -0.4 is 10.6 Å². The number of para-hydroxylation sites is 1. The van der Waals surface area contributed by atoms with Gasteiger partial charge in [0, 0.05) is 10.6 Å². The summed E-state index contributed by atoms with van der Waals surface area (Å²) >= 11 is 1.62. The predicted octanol–water partition coefficient (Wildman–Crippen LogP) is 5.00. The molecule has 0 aliphatic carbocycles. The Kier molecular flexibility index (Phi) is 5.06. The van der Waals surface area contributed by atoms with Crippen molar-refractivity contribution in [3.63, 3.8) is 0 Å². The predicted molar refractivity (Wildman–Crippen MR) is 104 cm³/mol. The second kappa shape index (κ2) is 7.41. The van der Waals surface area contributed by atoms with Crippen LogP contribution in [0.4, 0.5) is 11.4 Å². The number of thioether (sulfide) groups is 1. The van der Waals surface area contributed by atoms with E-state index >= 15 is 0 Å². The van der Waals surface area contributed by atoms with E-state index in [-0.39, 0.29) is 11.9 Å². The van der Waals surface area contributed by atoms with Crippen molar-refractivity contribution in [2.45, 2.75) is 17.9 Å². The molecule has 0 saturated carbocycles. The summed E-state index contributed by atoms with van der Waals surface area (Å²) in [4.78, 5) is 13.5. The summed E-state index contributed by atoms with van der Waals surface area (Å²) < 4.78 is 0. The number of carbonyl (C=O) groups excluding carboxylic acids is 1. The van der Waals surface area contributed by atoms with Crippen LogP contribution in [0.3, 0.4) is 0 Å². The van der Waals surface area contributed by atoms with Crippen LogP contribution in [0.25, 0.3) is 10.8 Å². The lowest BCUT2D eigenvalue weighted by Crippen LogP contribution is -2.32. The normalized spacial score (nSPS) is 11.9. The van der Waals surface area contributed by atoms with Gasteiger partial charge in [-0.3, -0.25) is 4.79 Å². The minimum absolute atomic E-state index is 0.0512. The Morgan fingerprint density at radius 2 is 1.67 bits per heavy atom. The summed E-state index contributed by atoms with van der Waals surface area (Å²) in [5, 5.41) is 8.61. The Balaban J connectivity index is 1.71. The van der Waals surface area contributed by atoms with Crippen molar-refractivity contribution in [2.24, 2.45) is 0 Å². The van der Waals surface area contributed by atoms with Crippen molar-refractivity contribution < 1.29 is 4.79 Å². The number of nitrogens with one attached hydrogen (secondary N) is 2. The molecular formula is C20H20N2OS. The van der Waals surface area contributed by atoms with Gasteiger partial charge in [-0.15, -0.1) is 11.8 Å². The Morgan fingerprint density at radius 3 is 2.46 bits per heavy atom. The number of amides is 1. The summed E-state index contributed by atoms with van der Waals surface area (Å²) in [6.07, 6.45) is 2.00. The molecule has 122 valence electrons. The van der Waals surface area contributed by atoms with Crippen molar-refractivity contribution in [1.82, 2.24) is 0 Å². The van der Waals surface area contributed by atoms with Crippen LogP contribution in [0.2, 0.25) is 0 Å². The van der Waals surface area contributed by atoms with E-state index in [0.717, 1.165) is 21.7 Å². The number of rotatable bonds is 5. The lowest BCUT2D eigenvalue weighted by Gasteiger charge is -2.17. The molecule has 0 unspecified atom stereocenters. The smallest absolute Gasteiger partial charge is 0.246 e. The van der Waals surface area contributed by atoms with Crippen LogP contribution >= 0.6 is 11.8 Å². The highest BCUT2D eigenvalue weighted by Crippen LogP contribution is 2.25. The number of hydrogen-bond acceptors (Lipinski definition) is 3. The highest BCUT2D eigenvalue weighted by Gasteiger charge is 2.14. The van der Waals surface area contributed by atoms with E-state index in [1.807, 2.05) is 55.6 Å². The van der Waals surface area contributed by atoms with Crippen LogP contribution in [0, 0.1) is 0 Å². The average molecular weight is 336 g/mol. The quantitative estimate of drug-likeness (QED) is 0.644. The van der Waals surface area contributed by atoms with Crippen LogP contribution in [0.5, 0.6) is 0 Å². The fourth-order valence-corrected chi connectivity index (χ4v) is 3.14. The van der Waals surface area contributed by atoms with Crippen LogP contribution in [0.1, 0.15) is 6.92 Å². The lowest BCUT2D eigenvalue weighted by molar-refractivity contribution is -0.116. The molecule has 3 aromatic carbocycles. The zero-order valence-electron chi connectivity index (χ0n) is 13.7. The Bertz CT molecular complexity index is 863. The highest BCUT2D eigenvalue weighted by atomic mass is 32.2. The fourth-order valence-electron chi connectivity index (χ4n) is 2.58. The topological polar surface area (TPSA) is 41.1 Å². The van der Waals surface area contributed by atoms with E-state index in [1.165, 1.54) is 5.39 Å². The summed E-state index contributed by atoms with van der Waals surface area (Å²) in [6.45, 7) is 1.87. The molecule has 3 rings (SSSR count).